The Morgan fingerprint density at radius 1 is 1.02 bits per heavy atom. The number of hydrogen-bond donors (Lipinski definition) is 1. The lowest BCUT2D eigenvalue weighted by atomic mass is 9.90. The molecular weight excluding hydrogens is 670 g/mol. The van der Waals surface area contributed by atoms with Crippen molar-refractivity contribution in [2.24, 2.45) is 7.05 Å². The van der Waals surface area contributed by atoms with Crippen molar-refractivity contribution < 1.29 is 19.4 Å². The summed E-state index contributed by atoms with van der Waals surface area (Å²) in [4.78, 5) is 34.3. The Kier molecular flexibility index (Phi) is 9.26. The van der Waals surface area contributed by atoms with E-state index in [-0.39, 0.29) is 5.91 Å². The molecule has 2 fully saturated rings. The summed E-state index contributed by atoms with van der Waals surface area (Å²) < 4.78 is 9.08. The molecule has 3 aromatic carbocycles. The molecule has 5 aromatic rings. The second-order valence-electron chi connectivity index (χ2n) is 14.8. The van der Waals surface area contributed by atoms with E-state index >= 15 is 0 Å². The highest BCUT2D eigenvalue weighted by atomic mass is 35.5. The van der Waals surface area contributed by atoms with Crippen LogP contribution in [-0.4, -0.2) is 79.4 Å². The number of aromatic nitrogens is 3. The van der Waals surface area contributed by atoms with Gasteiger partial charge < -0.3 is 14.7 Å². The highest BCUT2D eigenvalue weighted by molar-refractivity contribution is 7.22. The molecule has 0 aliphatic carbocycles. The van der Waals surface area contributed by atoms with E-state index in [0.29, 0.717) is 22.5 Å². The van der Waals surface area contributed by atoms with Crippen molar-refractivity contribution in [2.75, 3.05) is 26.2 Å². The number of carbonyl (C=O) groups is 2. The maximum Gasteiger partial charge on any atom is 0.337 e. The van der Waals surface area contributed by atoms with Crippen LogP contribution in [0.3, 0.4) is 0 Å². The van der Waals surface area contributed by atoms with Gasteiger partial charge in [-0.05, 0) is 108 Å². The molecular formula is C39H44ClN5O4S. The number of hydrogen-bond acceptors (Lipinski definition) is 7. The number of benzene rings is 3. The predicted molar refractivity (Wildman–Crippen MR) is 200 cm³/mol. The summed E-state index contributed by atoms with van der Waals surface area (Å²) in [5.74, 6) is -0.519. The summed E-state index contributed by atoms with van der Waals surface area (Å²) in [5, 5.41) is 18.1. The third-order valence-electron chi connectivity index (χ3n) is 10.2. The normalized spacial score (nSPS) is 18.4. The minimum Gasteiger partial charge on any atom is -0.479 e. The van der Waals surface area contributed by atoms with E-state index in [0.717, 1.165) is 99.5 Å². The van der Waals surface area contributed by atoms with E-state index in [4.69, 9.17) is 26.4 Å². The monoisotopic (exact) mass is 713 g/mol. The highest BCUT2D eigenvalue weighted by Gasteiger charge is 2.34. The minimum absolute atomic E-state index is 0.169. The van der Waals surface area contributed by atoms with Gasteiger partial charge in [0.15, 0.2) is 6.10 Å². The molecule has 11 heteroatoms. The number of piperidine rings is 1. The number of nitrogens with zero attached hydrogens (tertiary/aromatic N) is 5. The van der Waals surface area contributed by atoms with Crippen molar-refractivity contribution in [1.82, 2.24) is 24.6 Å². The van der Waals surface area contributed by atoms with Crippen LogP contribution >= 0.6 is 22.9 Å². The van der Waals surface area contributed by atoms with Gasteiger partial charge in [0, 0.05) is 66.1 Å². The SMILES string of the molecule is CC(=O)N1CC[C@@H](N2CCC(c3nn(C)c4ccc(-c5nc6cc(C)c([C@H](OC(C)(C)C)C(=O)O)c(-c7ccc(Cl)cc7)c6s5)cc34)CC2)C1. The molecule has 50 heavy (non-hydrogen) atoms. The van der Waals surface area contributed by atoms with E-state index in [1.807, 2.05) is 74.7 Å². The maximum atomic E-state index is 12.8. The first-order valence-corrected chi connectivity index (χ1v) is 18.5. The summed E-state index contributed by atoms with van der Waals surface area (Å²) in [6.45, 7) is 12.9. The van der Waals surface area contributed by atoms with E-state index in [2.05, 4.69) is 23.1 Å². The summed E-state index contributed by atoms with van der Waals surface area (Å²) in [6.07, 6.45) is 1.94. The Balaban J connectivity index is 1.26. The predicted octanol–water partition coefficient (Wildman–Crippen LogP) is 8.22. The number of fused-ring (bicyclic) bond motifs is 2. The number of carboxylic acids is 1. The van der Waals surface area contributed by atoms with Gasteiger partial charge in [0.2, 0.25) is 5.91 Å². The molecule has 0 unspecified atom stereocenters. The van der Waals surface area contributed by atoms with Gasteiger partial charge in [-0.2, -0.15) is 5.10 Å². The number of thiazole rings is 1. The molecule has 2 atom stereocenters. The van der Waals surface area contributed by atoms with Gasteiger partial charge in [-0.1, -0.05) is 23.7 Å². The Morgan fingerprint density at radius 2 is 1.72 bits per heavy atom. The van der Waals surface area contributed by atoms with Crippen molar-refractivity contribution in [3.05, 3.63) is 70.4 Å². The first kappa shape index (κ1) is 34.6. The van der Waals surface area contributed by atoms with E-state index in [1.54, 1.807) is 18.3 Å². The quantitative estimate of drug-likeness (QED) is 0.181. The van der Waals surface area contributed by atoms with Gasteiger partial charge in [-0.3, -0.25) is 14.4 Å². The van der Waals surface area contributed by atoms with Crippen LogP contribution in [0.2, 0.25) is 5.02 Å². The van der Waals surface area contributed by atoms with Crippen LogP contribution in [-0.2, 0) is 21.4 Å². The van der Waals surface area contributed by atoms with Crippen LogP contribution in [0.1, 0.15) is 75.8 Å². The zero-order valence-corrected chi connectivity index (χ0v) is 31.1. The van der Waals surface area contributed by atoms with Crippen molar-refractivity contribution in [3.63, 3.8) is 0 Å². The number of aryl methyl sites for hydroxylation is 2. The summed E-state index contributed by atoms with van der Waals surface area (Å²) in [6, 6.07) is 16.4. The third-order valence-corrected chi connectivity index (χ3v) is 11.6. The lowest BCUT2D eigenvalue weighted by Gasteiger charge is -2.35. The molecule has 9 nitrogen and oxygen atoms in total. The summed E-state index contributed by atoms with van der Waals surface area (Å²) in [5.41, 5.74) is 6.45. The van der Waals surface area contributed by atoms with Gasteiger partial charge in [0.25, 0.3) is 0 Å². The minimum atomic E-state index is -1.17. The van der Waals surface area contributed by atoms with Crippen LogP contribution in [0.25, 0.3) is 42.8 Å². The molecule has 2 aliphatic heterocycles. The Bertz CT molecular complexity index is 2090. The second kappa shape index (κ2) is 13.4. The molecule has 0 saturated carbocycles. The standard InChI is InChI=1S/C39H44ClN5O4S/c1-22-19-30-36(33(24-7-10-27(40)11-8-24)32(22)35(38(47)48)49-39(3,4)5)50-37(41-30)26-9-12-31-29(20-26)34(42-43(31)6)25-13-16-44(17-14-25)28-15-18-45(21-28)23(2)46/h7-12,19-20,25,28,35H,13-18,21H2,1-6H3,(H,47,48)/t28-,35+/m1/s1. The largest absolute Gasteiger partial charge is 0.479 e. The second-order valence-corrected chi connectivity index (χ2v) is 16.2. The Morgan fingerprint density at radius 3 is 2.36 bits per heavy atom. The molecule has 2 aliphatic rings. The number of carbonyl (C=O) groups excluding carboxylic acids is 1. The van der Waals surface area contributed by atoms with E-state index in [9.17, 15) is 14.7 Å². The third kappa shape index (κ3) is 6.66. The van der Waals surface area contributed by atoms with Crippen LogP contribution in [0.5, 0.6) is 0 Å². The smallest absolute Gasteiger partial charge is 0.337 e. The van der Waals surface area contributed by atoms with Gasteiger partial charge in [-0.15, -0.1) is 11.3 Å². The molecule has 262 valence electrons. The number of halogens is 1. The number of aliphatic carboxylic acids is 1. The highest BCUT2D eigenvalue weighted by Crippen LogP contribution is 2.45. The zero-order chi connectivity index (χ0) is 35.5. The number of rotatable bonds is 7. The van der Waals surface area contributed by atoms with Gasteiger partial charge >= 0.3 is 5.97 Å². The van der Waals surface area contributed by atoms with E-state index < -0.39 is 17.7 Å². The lowest BCUT2D eigenvalue weighted by Crippen LogP contribution is -2.43. The van der Waals surface area contributed by atoms with Crippen molar-refractivity contribution in [3.8, 4) is 21.7 Å². The fourth-order valence-corrected chi connectivity index (χ4v) is 9.00. The Labute approximate surface area is 301 Å². The molecule has 1 N–H and O–H groups in total. The number of carboxylic acid groups (broad SMARTS) is 1. The number of ether oxygens (including phenoxy) is 1. The molecule has 0 bridgehead atoms. The molecule has 0 spiro atoms. The maximum absolute atomic E-state index is 12.8. The van der Waals surface area contributed by atoms with Crippen LogP contribution in [0, 0.1) is 6.92 Å². The topological polar surface area (TPSA) is 101 Å². The fourth-order valence-electron chi connectivity index (χ4n) is 7.75. The van der Waals surface area contributed by atoms with E-state index in [1.165, 1.54) is 0 Å². The fraction of sp³-hybridized carbons (Fsp3) is 0.436. The zero-order valence-electron chi connectivity index (χ0n) is 29.5. The van der Waals surface area contributed by atoms with Crippen molar-refractivity contribution in [2.45, 2.75) is 77.5 Å². The van der Waals surface area contributed by atoms with Crippen LogP contribution in [0.15, 0.2) is 48.5 Å². The van der Waals surface area contributed by atoms with Crippen LogP contribution in [0.4, 0.5) is 0 Å². The first-order valence-electron chi connectivity index (χ1n) is 17.3. The average Bonchev–Trinajstić information content (AvgIpc) is 3.81. The summed E-state index contributed by atoms with van der Waals surface area (Å²) in [7, 11) is 2.01. The van der Waals surface area contributed by atoms with Crippen molar-refractivity contribution in [1.29, 1.82) is 0 Å². The van der Waals surface area contributed by atoms with Gasteiger partial charge in [0.1, 0.15) is 5.01 Å². The average molecular weight is 714 g/mol. The number of amides is 1. The van der Waals surface area contributed by atoms with Gasteiger partial charge in [0.05, 0.1) is 27.0 Å². The number of likely N-dealkylation sites (tertiary alicyclic amines) is 2. The summed E-state index contributed by atoms with van der Waals surface area (Å²) >= 11 is 7.86. The molecule has 2 aromatic heterocycles. The van der Waals surface area contributed by atoms with Crippen LogP contribution < -0.4 is 0 Å². The molecule has 4 heterocycles. The van der Waals surface area contributed by atoms with Gasteiger partial charge in [-0.25, -0.2) is 9.78 Å². The van der Waals surface area contributed by atoms with Crippen molar-refractivity contribution >= 4 is 55.9 Å². The molecule has 1 amide bonds. The first-order chi connectivity index (χ1) is 23.8. The lowest BCUT2D eigenvalue weighted by molar-refractivity contribution is -0.160. The molecule has 2 saturated heterocycles. The Hall–Kier alpha value is -3.83. The molecule has 0 radical (unpaired) electrons. The molecule has 7 rings (SSSR count).